The molecule has 0 bridgehead atoms. The highest BCUT2D eigenvalue weighted by Gasteiger charge is 2.21. The van der Waals surface area contributed by atoms with Crippen molar-refractivity contribution in [1.29, 1.82) is 0 Å². The molecule has 8 nitrogen and oxygen atoms in total. The Morgan fingerprint density at radius 1 is 0.912 bits per heavy atom. The van der Waals surface area contributed by atoms with Crippen LogP contribution in [-0.4, -0.2) is 63.0 Å². The van der Waals surface area contributed by atoms with Crippen LogP contribution in [-0.2, 0) is 9.59 Å². The Morgan fingerprint density at radius 2 is 1.41 bits per heavy atom. The zero-order valence-electron chi connectivity index (χ0n) is 22.3. The molecule has 0 heterocycles. The van der Waals surface area contributed by atoms with E-state index >= 15 is 0 Å². The third-order valence-electron chi connectivity index (χ3n) is 5.52. The lowest BCUT2D eigenvalue weighted by Crippen LogP contribution is -2.55. The van der Waals surface area contributed by atoms with Gasteiger partial charge in [0.25, 0.3) is 11.9 Å². The Balaban J connectivity index is 0. The first-order chi connectivity index (χ1) is 15.9. The van der Waals surface area contributed by atoms with Gasteiger partial charge in [0.05, 0.1) is 0 Å². The summed E-state index contributed by atoms with van der Waals surface area (Å²) in [7, 11) is 0. The number of aryl methyl sites for hydroxylation is 1. The van der Waals surface area contributed by atoms with Gasteiger partial charge in [0.15, 0.2) is 0 Å². The second-order valence-corrected chi connectivity index (χ2v) is 8.76. The molecule has 188 valence electrons. The molecule has 0 aliphatic rings. The molecule has 2 aromatic rings. The number of phenols is 1. The Bertz CT molecular complexity index is 900. The molecule has 0 radical (unpaired) electrons. The van der Waals surface area contributed by atoms with Gasteiger partial charge < -0.3 is 25.5 Å². The molecule has 0 aliphatic carbocycles. The van der Waals surface area contributed by atoms with Gasteiger partial charge in [0.1, 0.15) is 5.75 Å². The van der Waals surface area contributed by atoms with Gasteiger partial charge in [0.2, 0.25) is 0 Å². The summed E-state index contributed by atoms with van der Waals surface area (Å²) in [6.07, 6.45) is -4.26. The molecule has 0 saturated heterocycles. The Morgan fingerprint density at radius 3 is 1.85 bits per heavy atom. The van der Waals surface area contributed by atoms with Crippen molar-refractivity contribution in [2.24, 2.45) is 0 Å². The van der Waals surface area contributed by atoms with E-state index in [4.69, 9.17) is 10.2 Å². The van der Waals surface area contributed by atoms with Gasteiger partial charge in [-0.25, -0.2) is 0 Å². The van der Waals surface area contributed by atoms with E-state index in [-0.39, 0.29) is 8.77 Å². The molecule has 0 aliphatic heterocycles. The highest BCUT2D eigenvalue weighted by Crippen LogP contribution is 2.35. The first kappa shape index (κ1) is 29.1. The Hall–Kier alpha value is -2.94. The van der Waals surface area contributed by atoms with E-state index in [2.05, 4.69) is 69.9 Å². The van der Waals surface area contributed by atoms with Gasteiger partial charge in [-0.05, 0) is 71.4 Å². The minimum atomic E-state index is -2.63. The second-order valence-electron chi connectivity index (χ2n) is 8.76. The largest absolute Gasteiger partial charge is 1.00 e. The summed E-state index contributed by atoms with van der Waals surface area (Å²) in [5, 5.41) is 46.2. The number of benzene rings is 2. The van der Waals surface area contributed by atoms with E-state index in [9.17, 15) is 24.9 Å². The molecule has 2 rings (SSSR count). The molecule has 3 unspecified atom stereocenters. The van der Waals surface area contributed by atoms with Crippen molar-refractivity contribution in [3.63, 3.8) is 0 Å². The molecule has 3 atom stereocenters. The highest BCUT2D eigenvalue weighted by molar-refractivity contribution is 5.82. The molecule has 0 amide bonds. The number of aromatic hydroxyl groups is 1. The number of carboxylic acid groups (broad SMARTS) is 2. The van der Waals surface area contributed by atoms with Crippen LogP contribution in [0.2, 0.25) is 0 Å². The molecule has 0 spiro atoms. The summed E-state index contributed by atoms with van der Waals surface area (Å²) in [4.78, 5) is 21.9. The predicted octanol–water partition coefficient (Wildman–Crippen LogP) is 2.18. The van der Waals surface area contributed by atoms with Crippen molar-refractivity contribution in [2.75, 3.05) is 6.54 Å². The Kier molecular flexibility index (Phi) is 11.7. The molecule has 3 N–H and O–H groups in total. The number of aliphatic carboxylic acids is 2. The van der Waals surface area contributed by atoms with Crippen LogP contribution in [0.25, 0.3) is 0 Å². The van der Waals surface area contributed by atoms with Gasteiger partial charge in [-0.1, -0.05) is 48.0 Å². The maximum absolute atomic E-state index is 10.4. The normalized spacial score (nSPS) is 13.8. The lowest BCUT2D eigenvalue weighted by Gasteiger charge is -2.32. The van der Waals surface area contributed by atoms with Gasteiger partial charge in [0, 0.05) is 23.6 Å². The highest BCUT2D eigenvalue weighted by atomic mass is 16.4. The molecule has 8 heteroatoms. The lowest BCUT2D eigenvalue weighted by atomic mass is 9.87. The number of hydrogen-bond acceptors (Lipinski definition) is 6. The van der Waals surface area contributed by atoms with Crippen LogP contribution in [0.4, 0.5) is 0 Å². The van der Waals surface area contributed by atoms with E-state index in [1.165, 1.54) is 11.1 Å². The minimum Gasteiger partial charge on any atom is -0.844 e. The fraction of sp³-hybridized carbons (Fsp3) is 0.462. The van der Waals surface area contributed by atoms with Crippen LogP contribution < -0.4 is 10.2 Å². The van der Waals surface area contributed by atoms with E-state index < -0.39 is 24.1 Å². The number of carboxylic acids is 2. The molecule has 0 fully saturated rings. The molecule has 34 heavy (non-hydrogen) atoms. The summed E-state index contributed by atoms with van der Waals surface area (Å²) in [5.74, 6) is -3.27. The third-order valence-corrected chi connectivity index (χ3v) is 5.52. The zero-order chi connectivity index (χ0) is 26.0. The molecule has 0 saturated carbocycles. The topological polar surface area (TPSA) is 144 Å². The summed E-state index contributed by atoms with van der Waals surface area (Å²) in [5.41, 5.74) is 3.49. The molecule has 0 aromatic heterocycles. The fourth-order valence-corrected chi connectivity index (χ4v) is 3.79. The summed E-state index contributed by atoms with van der Waals surface area (Å²) in [6.45, 7) is 12.1. The van der Waals surface area contributed by atoms with Crippen LogP contribution in [0.3, 0.4) is 0 Å². The predicted molar refractivity (Wildman–Crippen MR) is 128 cm³/mol. The number of carbonyl (C=O) groups is 2. The van der Waals surface area contributed by atoms with E-state index in [1.807, 2.05) is 18.2 Å². The second kappa shape index (κ2) is 13.7. The van der Waals surface area contributed by atoms with Crippen LogP contribution >= 0.6 is 0 Å². The molecular weight excluding hydrogens is 438 g/mol. The number of phenolic OH excluding ortho intramolecular Hbond substituents is 1. The van der Waals surface area contributed by atoms with E-state index in [0.717, 1.165) is 18.5 Å². The maximum atomic E-state index is 10.4. The van der Waals surface area contributed by atoms with E-state index in [1.54, 1.807) is 0 Å². The lowest BCUT2D eigenvalue weighted by molar-refractivity contribution is -0.507. The van der Waals surface area contributed by atoms with Gasteiger partial charge in [-0.15, -0.1) is 0 Å². The monoisotopic (exact) mass is 475 g/mol. The first-order valence-electron chi connectivity index (χ1n) is 11.2. The molecular formula is C26H37NO7. The van der Waals surface area contributed by atoms with Crippen molar-refractivity contribution in [3.8, 4) is 5.75 Å². The quantitative estimate of drug-likeness (QED) is 0.474. The minimum absolute atomic E-state index is 0. The third kappa shape index (κ3) is 8.78. The Labute approximate surface area is 204 Å². The summed E-state index contributed by atoms with van der Waals surface area (Å²) in [6, 6.07) is 17.5. The number of nitrogens with zero attached hydrogens (tertiary/aromatic N) is 1. The summed E-state index contributed by atoms with van der Waals surface area (Å²) < 4.78 is 0. The van der Waals surface area contributed by atoms with Crippen molar-refractivity contribution < 1.29 is 38.0 Å². The first-order valence-corrected chi connectivity index (χ1v) is 11.2. The standard InChI is InChI=1S/C22H31NO.C4H4O6/c1-16(2)23(17(3)4)14-13-20(19-9-7-6-8-10-19)21-15-18(5)11-12-22(21)24;5-1(3(7)8)2(6)4(9)10/h6-12,15-17,20,24H,13-14H2,1-5H3;1-2H,(H,7,8)(H,9,10)/q;-2/p+2. The fourth-order valence-electron chi connectivity index (χ4n) is 3.79. The maximum Gasteiger partial charge on any atom is 1.00 e. The molecule has 2 aromatic carbocycles. The average molecular weight is 476 g/mol. The van der Waals surface area contributed by atoms with Crippen molar-refractivity contribution in [2.45, 2.75) is 71.2 Å². The van der Waals surface area contributed by atoms with Gasteiger partial charge >= 0.3 is 2.85 Å². The van der Waals surface area contributed by atoms with Gasteiger partial charge in [-0.3, -0.25) is 14.5 Å². The SMILES string of the molecule is Cc1ccc(O)c(C(CCN(C(C)C)C(C)C)c2ccccc2)c1.O=C(O)C([O-])C([O-])C(=O)O.[H+].[H+]. The zero-order valence-corrected chi connectivity index (χ0v) is 20.3. The van der Waals surface area contributed by atoms with E-state index in [0.29, 0.717) is 17.8 Å². The summed E-state index contributed by atoms with van der Waals surface area (Å²) >= 11 is 0. The van der Waals surface area contributed by atoms with Crippen molar-refractivity contribution in [3.05, 3.63) is 65.2 Å². The van der Waals surface area contributed by atoms with Crippen LogP contribution in [0.1, 0.15) is 59.6 Å². The van der Waals surface area contributed by atoms with Crippen LogP contribution in [0.15, 0.2) is 48.5 Å². The van der Waals surface area contributed by atoms with Crippen molar-refractivity contribution >= 4 is 11.9 Å². The van der Waals surface area contributed by atoms with Gasteiger partial charge in [-0.2, -0.15) is 0 Å². The smallest absolute Gasteiger partial charge is 0.844 e. The average Bonchev–Trinajstić information content (AvgIpc) is 2.78. The van der Waals surface area contributed by atoms with Crippen LogP contribution in [0.5, 0.6) is 5.75 Å². The van der Waals surface area contributed by atoms with Crippen LogP contribution in [0, 0.1) is 6.92 Å². The number of rotatable bonds is 10. The number of hydrogen-bond donors (Lipinski definition) is 3. The van der Waals surface area contributed by atoms with Crippen molar-refractivity contribution in [1.82, 2.24) is 4.90 Å².